The first-order chi connectivity index (χ1) is 15.4. The standard InChI is InChI=1S/C22H15Cl3FN3O3/c23-16-4-1-13(9-17(16)24)11-29-8-7-21(28-29)27-22(30)20-6-3-15(32-20)12-31-19-5-2-14(26)10-18(19)25/h1-10H,11-12H2,(H,27,28,30). The monoisotopic (exact) mass is 493 g/mol. The fraction of sp³-hybridized carbons (Fsp3) is 0.0909. The molecule has 1 N–H and O–H groups in total. The summed E-state index contributed by atoms with van der Waals surface area (Å²) in [7, 11) is 0. The van der Waals surface area contributed by atoms with Crippen LogP contribution in [0.2, 0.25) is 15.1 Å². The number of carbonyl (C=O) groups is 1. The second kappa shape index (κ2) is 9.65. The van der Waals surface area contributed by atoms with Gasteiger partial charge >= 0.3 is 0 Å². The van der Waals surface area contributed by atoms with E-state index in [0.29, 0.717) is 33.9 Å². The van der Waals surface area contributed by atoms with E-state index in [1.54, 1.807) is 35.1 Å². The van der Waals surface area contributed by atoms with Crippen molar-refractivity contribution in [2.45, 2.75) is 13.2 Å². The Kier molecular flexibility index (Phi) is 6.69. The van der Waals surface area contributed by atoms with E-state index in [9.17, 15) is 9.18 Å². The van der Waals surface area contributed by atoms with Crippen molar-refractivity contribution in [3.63, 3.8) is 0 Å². The fourth-order valence-corrected chi connectivity index (χ4v) is 3.38. The summed E-state index contributed by atoms with van der Waals surface area (Å²) in [4.78, 5) is 12.5. The molecule has 10 heteroatoms. The van der Waals surface area contributed by atoms with Gasteiger partial charge in [0.1, 0.15) is 23.9 Å². The number of halogens is 4. The van der Waals surface area contributed by atoms with E-state index >= 15 is 0 Å². The summed E-state index contributed by atoms with van der Waals surface area (Å²) in [6, 6.07) is 13.9. The van der Waals surface area contributed by atoms with Crippen molar-refractivity contribution in [2.75, 3.05) is 5.32 Å². The normalized spacial score (nSPS) is 10.9. The number of ether oxygens (including phenoxy) is 1. The van der Waals surface area contributed by atoms with Crippen molar-refractivity contribution in [2.24, 2.45) is 0 Å². The van der Waals surface area contributed by atoms with E-state index in [2.05, 4.69) is 10.4 Å². The maximum atomic E-state index is 13.1. The number of hydrogen-bond donors (Lipinski definition) is 1. The highest BCUT2D eigenvalue weighted by Gasteiger charge is 2.14. The van der Waals surface area contributed by atoms with Crippen LogP contribution in [0.15, 0.2) is 65.2 Å². The quantitative estimate of drug-likeness (QED) is 0.320. The molecule has 2 heterocycles. The van der Waals surface area contributed by atoms with Crippen LogP contribution in [-0.4, -0.2) is 15.7 Å². The van der Waals surface area contributed by atoms with Crippen LogP contribution in [-0.2, 0) is 13.2 Å². The summed E-state index contributed by atoms with van der Waals surface area (Å²) >= 11 is 17.9. The first-order valence-electron chi connectivity index (χ1n) is 9.33. The highest BCUT2D eigenvalue weighted by molar-refractivity contribution is 6.42. The van der Waals surface area contributed by atoms with Gasteiger partial charge in [0.2, 0.25) is 0 Å². The minimum Gasteiger partial charge on any atom is -0.484 e. The van der Waals surface area contributed by atoms with E-state index in [0.717, 1.165) is 11.6 Å². The SMILES string of the molecule is O=C(Nc1ccn(Cc2ccc(Cl)c(Cl)c2)n1)c1ccc(COc2ccc(F)cc2Cl)o1. The van der Waals surface area contributed by atoms with Gasteiger partial charge in [-0.3, -0.25) is 9.48 Å². The molecular weight excluding hydrogens is 480 g/mol. The number of furan rings is 1. The van der Waals surface area contributed by atoms with Crippen LogP contribution in [0.4, 0.5) is 10.2 Å². The molecule has 4 rings (SSSR count). The molecule has 0 bridgehead atoms. The molecule has 0 aliphatic heterocycles. The Labute approximate surface area is 197 Å². The average Bonchev–Trinajstić information content (AvgIpc) is 3.40. The van der Waals surface area contributed by atoms with Crippen LogP contribution in [0, 0.1) is 5.82 Å². The Bertz CT molecular complexity index is 1270. The zero-order valence-electron chi connectivity index (χ0n) is 16.3. The molecule has 6 nitrogen and oxygen atoms in total. The van der Waals surface area contributed by atoms with Crippen molar-refractivity contribution < 1.29 is 18.3 Å². The van der Waals surface area contributed by atoms with E-state index in [4.69, 9.17) is 44.0 Å². The zero-order chi connectivity index (χ0) is 22.7. The topological polar surface area (TPSA) is 69.3 Å². The third kappa shape index (κ3) is 5.43. The summed E-state index contributed by atoms with van der Waals surface area (Å²) in [5.41, 5.74) is 0.914. The summed E-state index contributed by atoms with van der Waals surface area (Å²) in [5, 5.41) is 8.08. The smallest absolute Gasteiger partial charge is 0.292 e. The van der Waals surface area contributed by atoms with Gasteiger partial charge in [-0.1, -0.05) is 40.9 Å². The molecule has 0 spiro atoms. The Balaban J connectivity index is 1.34. The second-order valence-electron chi connectivity index (χ2n) is 6.73. The number of amides is 1. The van der Waals surface area contributed by atoms with Gasteiger partial charge in [-0.15, -0.1) is 0 Å². The van der Waals surface area contributed by atoms with Gasteiger partial charge < -0.3 is 14.5 Å². The molecule has 0 aliphatic carbocycles. The molecule has 0 saturated carbocycles. The minimum atomic E-state index is -0.462. The molecule has 0 fully saturated rings. The number of carbonyl (C=O) groups excluding carboxylic acids is 1. The lowest BCUT2D eigenvalue weighted by Crippen LogP contribution is -2.12. The Hall–Kier alpha value is -3.00. The number of benzene rings is 2. The summed E-state index contributed by atoms with van der Waals surface area (Å²) in [6.07, 6.45) is 1.73. The van der Waals surface area contributed by atoms with Crippen molar-refractivity contribution in [1.29, 1.82) is 0 Å². The average molecular weight is 495 g/mol. The van der Waals surface area contributed by atoms with E-state index in [-0.39, 0.29) is 17.4 Å². The van der Waals surface area contributed by atoms with Crippen LogP contribution in [0.1, 0.15) is 21.9 Å². The predicted molar refractivity (Wildman–Crippen MR) is 120 cm³/mol. The molecule has 0 aliphatic rings. The van der Waals surface area contributed by atoms with Crippen molar-refractivity contribution in [1.82, 2.24) is 9.78 Å². The van der Waals surface area contributed by atoms with Gasteiger partial charge in [0, 0.05) is 12.3 Å². The predicted octanol–water partition coefficient (Wildman–Crippen LogP) is 6.46. The van der Waals surface area contributed by atoms with Crippen molar-refractivity contribution in [3.8, 4) is 5.75 Å². The fourth-order valence-electron chi connectivity index (χ4n) is 2.84. The Morgan fingerprint density at radius 2 is 1.88 bits per heavy atom. The Morgan fingerprint density at radius 3 is 2.66 bits per heavy atom. The molecule has 0 radical (unpaired) electrons. The number of nitrogens with zero attached hydrogens (tertiary/aromatic N) is 2. The molecule has 0 saturated heterocycles. The number of rotatable bonds is 7. The molecule has 32 heavy (non-hydrogen) atoms. The molecule has 4 aromatic rings. The third-order valence-corrected chi connectivity index (χ3v) is 5.39. The minimum absolute atomic E-state index is 0.0247. The molecular formula is C22H15Cl3FN3O3. The number of hydrogen-bond acceptors (Lipinski definition) is 4. The first-order valence-corrected chi connectivity index (χ1v) is 10.5. The van der Waals surface area contributed by atoms with Crippen LogP contribution in [0.25, 0.3) is 0 Å². The van der Waals surface area contributed by atoms with Crippen molar-refractivity contribution in [3.05, 3.63) is 98.8 Å². The molecule has 0 unspecified atom stereocenters. The van der Waals surface area contributed by atoms with Gasteiger partial charge in [0.25, 0.3) is 5.91 Å². The summed E-state index contributed by atoms with van der Waals surface area (Å²) in [6.45, 7) is 0.484. The van der Waals surface area contributed by atoms with Gasteiger partial charge in [-0.25, -0.2) is 4.39 Å². The summed E-state index contributed by atoms with van der Waals surface area (Å²) in [5.74, 6) is 0.244. The third-order valence-electron chi connectivity index (χ3n) is 4.36. The Morgan fingerprint density at radius 1 is 1.03 bits per heavy atom. The number of nitrogens with one attached hydrogen (secondary N) is 1. The highest BCUT2D eigenvalue weighted by Crippen LogP contribution is 2.26. The number of anilines is 1. The molecule has 1 amide bonds. The van der Waals surface area contributed by atoms with Gasteiger partial charge in [-0.2, -0.15) is 5.10 Å². The van der Waals surface area contributed by atoms with Gasteiger partial charge in [0.15, 0.2) is 11.6 Å². The molecule has 2 aromatic carbocycles. The largest absolute Gasteiger partial charge is 0.484 e. The van der Waals surface area contributed by atoms with Gasteiger partial charge in [-0.05, 0) is 48.0 Å². The van der Waals surface area contributed by atoms with Crippen LogP contribution in [0.3, 0.4) is 0 Å². The zero-order valence-corrected chi connectivity index (χ0v) is 18.6. The molecule has 164 valence electrons. The number of aromatic nitrogens is 2. The molecule has 0 atom stereocenters. The van der Waals surface area contributed by atoms with Crippen LogP contribution in [0.5, 0.6) is 5.75 Å². The summed E-state index contributed by atoms with van der Waals surface area (Å²) < 4.78 is 25.8. The van der Waals surface area contributed by atoms with E-state index in [1.165, 1.54) is 18.2 Å². The van der Waals surface area contributed by atoms with E-state index in [1.807, 2.05) is 6.07 Å². The van der Waals surface area contributed by atoms with Crippen molar-refractivity contribution >= 4 is 46.5 Å². The van der Waals surface area contributed by atoms with Crippen LogP contribution < -0.4 is 10.1 Å². The second-order valence-corrected chi connectivity index (χ2v) is 7.95. The lowest BCUT2D eigenvalue weighted by atomic mass is 10.2. The maximum absolute atomic E-state index is 13.1. The maximum Gasteiger partial charge on any atom is 0.292 e. The molecule has 2 aromatic heterocycles. The van der Waals surface area contributed by atoms with E-state index < -0.39 is 11.7 Å². The van der Waals surface area contributed by atoms with Crippen LogP contribution >= 0.6 is 34.8 Å². The highest BCUT2D eigenvalue weighted by atomic mass is 35.5. The lowest BCUT2D eigenvalue weighted by Gasteiger charge is -2.06. The lowest BCUT2D eigenvalue weighted by molar-refractivity contribution is 0.0992. The van der Waals surface area contributed by atoms with Gasteiger partial charge in [0.05, 0.1) is 21.6 Å². The first kappa shape index (κ1) is 22.2.